The molecule has 6 rings (SSSR count). The molecule has 4 aliphatic carbocycles. The molecule has 3 fully saturated rings. The molecule has 7 nitrogen and oxygen atoms in total. The number of hydrogen-bond donors (Lipinski definition) is 0. The minimum absolute atomic E-state index is 0.103. The van der Waals surface area contributed by atoms with Crippen molar-refractivity contribution in [1.29, 1.82) is 0 Å². The molecule has 33 heavy (non-hydrogen) atoms. The molecule has 7 heteroatoms. The van der Waals surface area contributed by atoms with Crippen molar-refractivity contribution in [3.8, 4) is 5.75 Å². The molecule has 0 radical (unpaired) electrons. The highest BCUT2D eigenvalue weighted by molar-refractivity contribution is 6.09. The van der Waals surface area contributed by atoms with E-state index in [1.807, 2.05) is 6.92 Å². The Balaban J connectivity index is 1.30. The van der Waals surface area contributed by atoms with Crippen LogP contribution in [0.3, 0.4) is 0 Å². The topological polar surface area (TPSA) is 90.0 Å². The highest BCUT2D eigenvalue weighted by Crippen LogP contribution is 2.65. The van der Waals surface area contributed by atoms with Gasteiger partial charge in [0, 0.05) is 5.56 Å². The molecule has 1 heterocycles. The summed E-state index contributed by atoms with van der Waals surface area (Å²) in [6, 6.07) is 5.56. The Bertz CT molecular complexity index is 978. The zero-order valence-corrected chi connectivity index (χ0v) is 18.9. The lowest BCUT2D eigenvalue weighted by Crippen LogP contribution is -2.47. The van der Waals surface area contributed by atoms with E-state index in [2.05, 4.69) is 12.2 Å². The van der Waals surface area contributed by atoms with Gasteiger partial charge in [0.2, 0.25) is 11.8 Å². The van der Waals surface area contributed by atoms with Crippen molar-refractivity contribution >= 4 is 23.6 Å². The van der Waals surface area contributed by atoms with Crippen LogP contribution in [0.5, 0.6) is 5.75 Å². The number of unbranched alkanes of at least 4 members (excludes halogenated alkanes) is 1. The van der Waals surface area contributed by atoms with E-state index in [-0.39, 0.29) is 41.3 Å². The third-order valence-corrected chi connectivity index (χ3v) is 7.87. The SMILES string of the molecule is CCCC[C@H](C(=O)OCC(=O)c1ccc(OC)cc1)N1C(=O)[C@@H]2[C@H]3C=C[C@@H]([C@@H]4C[C@@H]34)[C@@H]2C1=O. The molecule has 2 amide bonds. The van der Waals surface area contributed by atoms with Crippen molar-refractivity contribution in [3.05, 3.63) is 42.0 Å². The van der Waals surface area contributed by atoms with Gasteiger partial charge in [-0.2, -0.15) is 0 Å². The van der Waals surface area contributed by atoms with Gasteiger partial charge >= 0.3 is 5.97 Å². The predicted octanol–water partition coefficient (Wildman–Crippen LogP) is 3.03. The van der Waals surface area contributed by atoms with E-state index >= 15 is 0 Å². The van der Waals surface area contributed by atoms with Crippen LogP contribution >= 0.6 is 0 Å². The Hall–Kier alpha value is -2.96. The largest absolute Gasteiger partial charge is 0.497 e. The molecule has 1 aliphatic heterocycles. The number of allylic oxidation sites excluding steroid dienone is 2. The number of amides is 2. The van der Waals surface area contributed by atoms with Crippen molar-refractivity contribution in [1.82, 2.24) is 4.90 Å². The van der Waals surface area contributed by atoms with Crippen LogP contribution in [0.15, 0.2) is 36.4 Å². The van der Waals surface area contributed by atoms with Crippen molar-refractivity contribution in [2.24, 2.45) is 35.5 Å². The van der Waals surface area contributed by atoms with Crippen molar-refractivity contribution < 1.29 is 28.7 Å². The van der Waals surface area contributed by atoms with Crippen LogP contribution in [0.2, 0.25) is 0 Å². The smallest absolute Gasteiger partial charge is 0.329 e. The van der Waals surface area contributed by atoms with Crippen LogP contribution in [-0.2, 0) is 19.1 Å². The second-order valence-electron chi connectivity index (χ2n) is 9.62. The Morgan fingerprint density at radius 3 is 2.18 bits per heavy atom. The number of carbonyl (C=O) groups is 4. The number of hydrogen-bond acceptors (Lipinski definition) is 6. The van der Waals surface area contributed by atoms with Crippen LogP contribution in [0.1, 0.15) is 43.0 Å². The second kappa shape index (κ2) is 8.43. The summed E-state index contributed by atoms with van der Waals surface area (Å²) in [6.07, 6.45) is 7.15. The zero-order chi connectivity index (χ0) is 23.3. The van der Waals surface area contributed by atoms with Crippen molar-refractivity contribution in [2.75, 3.05) is 13.7 Å². The summed E-state index contributed by atoms with van der Waals surface area (Å²) in [5.74, 6) is -0.394. The number of carbonyl (C=O) groups excluding carboxylic acids is 4. The molecule has 0 aromatic heterocycles. The molecule has 0 spiro atoms. The van der Waals surface area contributed by atoms with E-state index in [0.29, 0.717) is 36.0 Å². The molecule has 1 aromatic rings. The van der Waals surface area contributed by atoms with Crippen LogP contribution in [-0.4, -0.2) is 48.2 Å². The van der Waals surface area contributed by atoms with Gasteiger partial charge in [-0.15, -0.1) is 0 Å². The van der Waals surface area contributed by atoms with Crippen LogP contribution in [0.4, 0.5) is 0 Å². The molecule has 0 N–H and O–H groups in total. The normalized spacial score (nSPS) is 31.8. The van der Waals surface area contributed by atoms with Crippen LogP contribution in [0, 0.1) is 35.5 Å². The molecule has 0 unspecified atom stereocenters. The van der Waals surface area contributed by atoms with Gasteiger partial charge in [-0.25, -0.2) is 4.79 Å². The van der Waals surface area contributed by atoms with E-state index in [9.17, 15) is 19.2 Å². The van der Waals surface area contributed by atoms with Gasteiger partial charge in [0.05, 0.1) is 18.9 Å². The summed E-state index contributed by atoms with van der Waals surface area (Å²) in [4.78, 5) is 53.6. The average Bonchev–Trinajstić information content (AvgIpc) is 3.62. The first-order valence-electron chi connectivity index (χ1n) is 11.8. The van der Waals surface area contributed by atoms with E-state index in [1.54, 1.807) is 24.3 Å². The van der Waals surface area contributed by atoms with Crippen molar-refractivity contribution in [2.45, 2.75) is 38.6 Å². The number of methoxy groups -OCH3 is 1. The number of imide groups is 1. The van der Waals surface area contributed by atoms with Crippen LogP contribution in [0.25, 0.3) is 0 Å². The van der Waals surface area contributed by atoms with E-state index in [0.717, 1.165) is 12.8 Å². The highest BCUT2D eigenvalue weighted by atomic mass is 16.5. The standard InChI is InChI=1S/C26H29NO6/c1-3-4-5-20(26(31)33-13-21(28)14-6-8-15(32-2)9-7-14)27-24(29)22-16-10-11-17(19-12-18(16)19)23(22)25(27)30/h6-11,16-20,22-23H,3-5,12-13H2,1-2H3/t16-,17-,18-,19-,20+,22-,23+/m0/s1. The van der Waals surface area contributed by atoms with Gasteiger partial charge in [0.1, 0.15) is 11.8 Å². The summed E-state index contributed by atoms with van der Waals surface area (Å²) in [5, 5.41) is 0. The molecular formula is C26H29NO6. The lowest BCUT2D eigenvalue weighted by molar-refractivity contribution is -0.158. The molecule has 174 valence electrons. The molecule has 2 bridgehead atoms. The molecule has 1 saturated heterocycles. The fourth-order valence-corrected chi connectivity index (χ4v) is 6.13. The van der Waals surface area contributed by atoms with E-state index in [1.165, 1.54) is 12.0 Å². The number of Topliss-reactive ketones (excluding diaryl/α,β-unsaturated/α-hetero) is 1. The quantitative estimate of drug-likeness (QED) is 0.248. The number of ketones is 1. The Morgan fingerprint density at radius 1 is 1.03 bits per heavy atom. The maximum Gasteiger partial charge on any atom is 0.329 e. The zero-order valence-electron chi connectivity index (χ0n) is 18.9. The number of esters is 1. The first kappa shape index (κ1) is 21.9. The fraction of sp³-hybridized carbons (Fsp3) is 0.538. The maximum absolute atomic E-state index is 13.4. The first-order chi connectivity index (χ1) is 16.0. The highest BCUT2D eigenvalue weighted by Gasteiger charge is 2.67. The second-order valence-corrected chi connectivity index (χ2v) is 9.62. The van der Waals surface area contributed by atoms with Crippen LogP contribution < -0.4 is 4.74 Å². The third-order valence-electron chi connectivity index (χ3n) is 7.87. The van der Waals surface area contributed by atoms with Gasteiger partial charge in [-0.05, 0) is 60.8 Å². The monoisotopic (exact) mass is 451 g/mol. The third kappa shape index (κ3) is 3.58. The average molecular weight is 452 g/mol. The Kier molecular flexibility index (Phi) is 5.59. The van der Waals surface area contributed by atoms with Gasteiger partial charge in [-0.3, -0.25) is 19.3 Å². The van der Waals surface area contributed by atoms with Gasteiger partial charge in [0.15, 0.2) is 12.4 Å². The summed E-state index contributed by atoms with van der Waals surface area (Å²) >= 11 is 0. The maximum atomic E-state index is 13.4. The van der Waals surface area contributed by atoms with Gasteiger partial charge in [-0.1, -0.05) is 31.9 Å². The summed E-state index contributed by atoms with van der Waals surface area (Å²) in [6.45, 7) is 1.55. The fourth-order valence-electron chi connectivity index (χ4n) is 6.13. The number of ether oxygens (including phenoxy) is 2. The predicted molar refractivity (Wildman–Crippen MR) is 118 cm³/mol. The molecular weight excluding hydrogens is 422 g/mol. The summed E-state index contributed by atoms with van der Waals surface area (Å²) in [5.41, 5.74) is 0.398. The molecule has 5 aliphatic rings. The number of rotatable bonds is 9. The summed E-state index contributed by atoms with van der Waals surface area (Å²) in [7, 11) is 1.54. The van der Waals surface area contributed by atoms with Gasteiger partial charge < -0.3 is 9.47 Å². The Morgan fingerprint density at radius 2 is 1.64 bits per heavy atom. The van der Waals surface area contributed by atoms with Crippen molar-refractivity contribution in [3.63, 3.8) is 0 Å². The number of benzene rings is 1. The first-order valence-corrected chi connectivity index (χ1v) is 11.8. The molecule has 7 atom stereocenters. The molecule has 1 aromatic carbocycles. The molecule has 2 saturated carbocycles. The van der Waals surface area contributed by atoms with E-state index in [4.69, 9.17) is 9.47 Å². The lowest BCUT2D eigenvalue weighted by Gasteiger charge is -2.37. The summed E-state index contributed by atoms with van der Waals surface area (Å²) < 4.78 is 10.4. The van der Waals surface area contributed by atoms with E-state index < -0.39 is 18.6 Å². The lowest BCUT2D eigenvalue weighted by atomic mass is 9.63. The minimum atomic E-state index is -0.977. The Labute approximate surface area is 193 Å². The number of likely N-dealkylation sites (tertiary alicyclic amines) is 1. The minimum Gasteiger partial charge on any atom is -0.497 e. The number of nitrogens with zero attached hydrogens (tertiary/aromatic N) is 1. The van der Waals surface area contributed by atoms with Gasteiger partial charge in [0.25, 0.3) is 0 Å².